The topological polar surface area (TPSA) is 32.3 Å². The molecule has 3 nitrogen and oxygen atoms in total. The van der Waals surface area contributed by atoms with Gasteiger partial charge in [0.25, 0.3) is 5.91 Å². The van der Waals surface area contributed by atoms with Crippen molar-refractivity contribution in [2.75, 3.05) is 6.54 Å². The number of nitrogens with one attached hydrogen (secondary N) is 1. The van der Waals surface area contributed by atoms with Crippen LogP contribution in [0, 0.1) is 0 Å². The summed E-state index contributed by atoms with van der Waals surface area (Å²) < 4.78 is 0. The molecule has 1 amide bonds. The second-order valence-corrected chi connectivity index (χ2v) is 9.00. The van der Waals surface area contributed by atoms with E-state index in [9.17, 15) is 4.79 Å². The number of carbonyl (C=O) groups excluding carboxylic acids is 1. The Morgan fingerprint density at radius 1 is 0.903 bits per heavy atom. The molecule has 1 atom stereocenters. The first kappa shape index (κ1) is 20.0. The van der Waals surface area contributed by atoms with Crippen LogP contribution in [0.15, 0.2) is 66.7 Å². The largest absolute Gasteiger partial charge is 0.346 e. The molecule has 3 aromatic carbocycles. The van der Waals surface area contributed by atoms with Crippen molar-refractivity contribution in [1.29, 1.82) is 0 Å². The van der Waals surface area contributed by atoms with Gasteiger partial charge in [0.1, 0.15) is 0 Å². The van der Waals surface area contributed by atoms with Crippen molar-refractivity contribution in [2.24, 2.45) is 0 Å². The average molecular weight is 411 g/mol. The van der Waals surface area contributed by atoms with E-state index >= 15 is 0 Å². The van der Waals surface area contributed by atoms with Crippen molar-refractivity contribution >= 4 is 5.91 Å². The molecule has 3 heteroatoms. The second-order valence-electron chi connectivity index (χ2n) is 9.00. The standard InChI is InChI=1S/C28H30N2O/c1-20(25-14-13-22-7-4-8-26(22)17-25)29-28(31)24-11-9-21(10-12-24)18-30-16-15-23-5-2-3-6-27(23)19-30/h2-3,5-6,9-14,17,20H,4,7-8,15-16,18-19H2,1H3,(H,29,31)/t20-/m0/s1. The Hall–Kier alpha value is -2.91. The molecule has 158 valence electrons. The molecule has 0 saturated carbocycles. The Morgan fingerprint density at radius 2 is 1.65 bits per heavy atom. The van der Waals surface area contributed by atoms with Crippen LogP contribution in [-0.2, 0) is 32.4 Å². The van der Waals surface area contributed by atoms with E-state index in [1.165, 1.54) is 46.2 Å². The lowest BCUT2D eigenvalue weighted by atomic mass is 9.99. The molecular formula is C28H30N2O. The van der Waals surface area contributed by atoms with Gasteiger partial charge < -0.3 is 5.32 Å². The van der Waals surface area contributed by atoms with Gasteiger partial charge in [-0.15, -0.1) is 0 Å². The molecule has 1 heterocycles. The average Bonchev–Trinajstić information content (AvgIpc) is 3.27. The van der Waals surface area contributed by atoms with Gasteiger partial charge in [0.2, 0.25) is 0 Å². The Labute approximate surface area is 185 Å². The summed E-state index contributed by atoms with van der Waals surface area (Å²) in [6, 6.07) is 23.5. The summed E-state index contributed by atoms with van der Waals surface area (Å²) in [5.41, 5.74) is 8.99. The maximum Gasteiger partial charge on any atom is 0.251 e. The summed E-state index contributed by atoms with van der Waals surface area (Å²) in [6.07, 6.45) is 4.70. The van der Waals surface area contributed by atoms with Crippen molar-refractivity contribution in [3.05, 3.63) is 106 Å². The maximum absolute atomic E-state index is 12.8. The van der Waals surface area contributed by atoms with E-state index in [1.807, 2.05) is 12.1 Å². The molecule has 1 N–H and O–H groups in total. The van der Waals surface area contributed by atoms with Crippen LogP contribution < -0.4 is 5.32 Å². The fourth-order valence-electron chi connectivity index (χ4n) is 4.93. The number of fused-ring (bicyclic) bond motifs is 2. The zero-order valence-corrected chi connectivity index (χ0v) is 18.2. The number of amides is 1. The first-order chi connectivity index (χ1) is 15.2. The Kier molecular flexibility index (Phi) is 5.61. The van der Waals surface area contributed by atoms with Crippen LogP contribution in [-0.4, -0.2) is 17.4 Å². The van der Waals surface area contributed by atoms with Crippen molar-refractivity contribution < 1.29 is 4.79 Å². The van der Waals surface area contributed by atoms with Crippen LogP contribution in [0.3, 0.4) is 0 Å². The van der Waals surface area contributed by atoms with Gasteiger partial charge in [-0.1, -0.05) is 54.6 Å². The summed E-state index contributed by atoms with van der Waals surface area (Å²) in [5.74, 6) is -0.00792. The summed E-state index contributed by atoms with van der Waals surface area (Å²) in [6.45, 7) is 5.06. The molecule has 31 heavy (non-hydrogen) atoms. The van der Waals surface area contributed by atoms with Crippen LogP contribution in [0.2, 0.25) is 0 Å². The summed E-state index contributed by atoms with van der Waals surface area (Å²) in [7, 11) is 0. The molecule has 1 aliphatic heterocycles. The molecule has 0 unspecified atom stereocenters. The lowest BCUT2D eigenvalue weighted by Crippen LogP contribution is -2.30. The molecular weight excluding hydrogens is 380 g/mol. The van der Waals surface area contributed by atoms with Gasteiger partial charge in [0.15, 0.2) is 0 Å². The van der Waals surface area contributed by atoms with E-state index in [1.54, 1.807) is 0 Å². The third-order valence-corrected chi connectivity index (χ3v) is 6.80. The lowest BCUT2D eigenvalue weighted by Gasteiger charge is -2.28. The highest BCUT2D eigenvalue weighted by Crippen LogP contribution is 2.25. The zero-order chi connectivity index (χ0) is 21.2. The molecule has 0 spiro atoms. The number of carbonyl (C=O) groups is 1. The smallest absolute Gasteiger partial charge is 0.251 e. The van der Waals surface area contributed by atoms with Crippen molar-refractivity contribution in [3.8, 4) is 0 Å². The van der Waals surface area contributed by atoms with Gasteiger partial charge in [0.05, 0.1) is 6.04 Å². The van der Waals surface area contributed by atoms with Crippen molar-refractivity contribution in [3.63, 3.8) is 0 Å². The number of hydrogen-bond acceptors (Lipinski definition) is 2. The quantitative estimate of drug-likeness (QED) is 0.625. The minimum atomic E-state index is -0.00792. The molecule has 0 saturated heterocycles. The highest BCUT2D eigenvalue weighted by Gasteiger charge is 2.17. The molecule has 2 aliphatic rings. The maximum atomic E-state index is 12.8. The molecule has 0 bridgehead atoms. The molecule has 0 radical (unpaired) electrons. The Bertz CT molecular complexity index is 1090. The predicted molar refractivity (Wildman–Crippen MR) is 125 cm³/mol. The van der Waals surface area contributed by atoms with Gasteiger partial charge in [-0.2, -0.15) is 0 Å². The van der Waals surface area contributed by atoms with Gasteiger partial charge in [-0.25, -0.2) is 0 Å². The Balaban J connectivity index is 1.19. The number of aryl methyl sites for hydroxylation is 2. The molecule has 0 fully saturated rings. The highest BCUT2D eigenvalue weighted by atomic mass is 16.1. The van der Waals surface area contributed by atoms with E-state index in [0.717, 1.165) is 38.0 Å². The lowest BCUT2D eigenvalue weighted by molar-refractivity contribution is 0.0940. The molecule has 3 aromatic rings. The number of hydrogen-bond donors (Lipinski definition) is 1. The number of rotatable bonds is 5. The van der Waals surface area contributed by atoms with E-state index in [-0.39, 0.29) is 11.9 Å². The number of benzene rings is 3. The van der Waals surface area contributed by atoms with E-state index < -0.39 is 0 Å². The van der Waals surface area contributed by atoms with Gasteiger partial charge in [-0.3, -0.25) is 9.69 Å². The monoisotopic (exact) mass is 410 g/mol. The van der Waals surface area contributed by atoms with E-state index in [0.29, 0.717) is 0 Å². The first-order valence-electron chi connectivity index (χ1n) is 11.5. The van der Waals surface area contributed by atoms with Gasteiger partial charge in [0, 0.05) is 25.2 Å². The predicted octanol–water partition coefficient (Wildman–Crippen LogP) is 5.22. The minimum Gasteiger partial charge on any atom is -0.346 e. The second kappa shape index (κ2) is 8.68. The minimum absolute atomic E-state index is 0.00601. The van der Waals surface area contributed by atoms with Gasteiger partial charge in [-0.05, 0) is 78.1 Å². The van der Waals surface area contributed by atoms with Crippen molar-refractivity contribution in [2.45, 2.75) is 51.7 Å². The van der Waals surface area contributed by atoms with E-state index in [2.05, 4.69) is 71.7 Å². The first-order valence-corrected chi connectivity index (χ1v) is 11.5. The summed E-state index contributed by atoms with van der Waals surface area (Å²) in [5, 5.41) is 3.17. The molecule has 0 aromatic heterocycles. The molecule has 1 aliphatic carbocycles. The number of nitrogens with zero attached hydrogens (tertiary/aromatic N) is 1. The fourth-order valence-corrected chi connectivity index (χ4v) is 4.93. The van der Waals surface area contributed by atoms with Crippen LogP contribution in [0.4, 0.5) is 0 Å². The van der Waals surface area contributed by atoms with Crippen LogP contribution in [0.5, 0.6) is 0 Å². The van der Waals surface area contributed by atoms with Gasteiger partial charge >= 0.3 is 0 Å². The van der Waals surface area contributed by atoms with Crippen LogP contribution in [0.25, 0.3) is 0 Å². The fraction of sp³-hybridized carbons (Fsp3) is 0.321. The molecule has 5 rings (SSSR count). The third-order valence-electron chi connectivity index (χ3n) is 6.80. The third kappa shape index (κ3) is 4.42. The summed E-state index contributed by atoms with van der Waals surface area (Å²) >= 11 is 0. The van der Waals surface area contributed by atoms with Crippen molar-refractivity contribution in [1.82, 2.24) is 10.2 Å². The SMILES string of the molecule is C[C@H](NC(=O)c1ccc(CN2CCc3ccccc3C2)cc1)c1ccc2c(c1)CCC2. The van der Waals surface area contributed by atoms with E-state index in [4.69, 9.17) is 0 Å². The highest BCUT2D eigenvalue weighted by molar-refractivity contribution is 5.94. The zero-order valence-electron chi connectivity index (χ0n) is 18.2. The van der Waals surface area contributed by atoms with Crippen LogP contribution >= 0.6 is 0 Å². The Morgan fingerprint density at radius 3 is 2.48 bits per heavy atom. The normalized spacial score (nSPS) is 16.4. The van der Waals surface area contributed by atoms with Crippen LogP contribution in [0.1, 0.15) is 63.1 Å². The summed E-state index contributed by atoms with van der Waals surface area (Å²) in [4.78, 5) is 15.3.